The van der Waals surface area contributed by atoms with Crippen LogP contribution in [0.25, 0.3) is 0 Å². The number of carbonyl (C=O) groups excluding carboxylic acids is 1. The fraction of sp³-hybridized carbons (Fsp3) is 0.933. The number of rotatable bonds is 3. The Morgan fingerprint density at radius 1 is 1.15 bits per heavy atom. The summed E-state index contributed by atoms with van der Waals surface area (Å²) in [5, 5.41) is 10.0. The molecule has 3 N–H and O–H groups in total. The predicted molar refractivity (Wildman–Crippen MR) is 79.6 cm³/mol. The van der Waals surface area contributed by atoms with Crippen molar-refractivity contribution in [1.29, 1.82) is 0 Å². The van der Waals surface area contributed by atoms with E-state index >= 15 is 0 Å². The number of carbonyl (C=O) groups is 1. The number of likely N-dealkylation sites (N-methyl/N-ethyl adjacent to an activating group) is 1. The molecule has 0 spiro atoms. The number of amides is 1. The molecule has 5 nitrogen and oxygen atoms in total. The summed E-state index contributed by atoms with van der Waals surface area (Å²) < 4.78 is 5.42. The van der Waals surface area contributed by atoms with Crippen molar-refractivity contribution in [2.45, 2.75) is 63.7 Å². The van der Waals surface area contributed by atoms with Crippen LogP contribution in [0.15, 0.2) is 0 Å². The van der Waals surface area contributed by atoms with Gasteiger partial charge in [0, 0.05) is 23.2 Å². The Kier molecular flexibility index (Phi) is 4.42. The van der Waals surface area contributed by atoms with Crippen LogP contribution in [-0.2, 0) is 9.53 Å². The number of hydrogen-bond acceptors (Lipinski definition) is 4. The lowest BCUT2D eigenvalue weighted by Crippen LogP contribution is -2.62. The van der Waals surface area contributed by atoms with E-state index in [4.69, 9.17) is 4.74 Å². The number of ether oxygens (including phenoxy) is 1. The summed E-state index contributed by atoms with van der Waals surface area (Å²) in [6.45, 7) is 9.93. The molecular weight excluding hydrogens is 254 g/mol. The van der Waals surface area contributed by atoms with Gasteiger partial charge in [0.25, 0.3) is 0 Å². The molecule has 0 aromatic heterocycles. The van der Waals surface area contributed by atoms with Crippen molar-refractivity contribution >= 4 is 5.91 Å². The molecule has 1 amide bonds. The highest BCUT2D eigenvalue weighted by Crippen LogP contribution is 2.29. The van der Waals surface area contributed by atoms with Gasteiger partial charge >= 0.3 is 0 Å². The van der Waals surface area contributed by atoms with E-state index in [1.165, 1.54) is 0 Å². The standard InChI is InChI=1S/C15H29N3O2/c1-14(2)6-10(7-15(3,4)18-14)17-13(19)11-8-20-9-12(11)16-5/h10-12,16,18H,6-9H2,1-5H3,(H,17,19). The van der Waals surface area contributed by atoms with E-state index in [-0.39, 0.29) is 35.0 Å². The molecule has 2 unspecified atom stereocenters. The van der Waals surface area contributed by atoms with Crippen LogP contribution in [-0.4, -0.2) is 49.3 Å². The fourth-order valence-corrected chi connectivity index (χ4v) is 3.83. The average Bonchev–Trinajstić information content (AvgIpc) is 2.71. The normalized spacial score (nSPS) is 33.0. The minimum absolute atomic E-state index is 0.0499. The summed E-state index contributed by atoms with van der Waals surface area (Å²) in [6.07, 6.45) is 1.92. The molecular formula is C15H29N3O2. The molecule has 2 rings (SSSR count). The molecule has 2 aliphatic heterocycles. The van der Waals surface area contributed by atoms with Crippen molar-refractivity contribution in [3.05, 3.63) is 0 Å². The topological polar surface area (TPSA) is 62.4 Å². The number of hydrogen-bond donors (Lipinski definition) is 3. The predicted octanol–water partition coefficient (Wildman–Crippen LogP) is 0.646. The van der Waals surface area contributed by atoms with Crippen molar-refractivity contribution in [1.82, 2.24) is 16.0 Å². The largest absolute Gasteiger partial charge is 0.379 e. The minimum atomic E-state index is -0.0684. The monoisotopic (exact) mass is 283 g/mol. The van der Waals surface area contributed by atoms with E-state index in [0.29, 0.717) is 13.2 Å². The lowest BCUT2D eigenvalue weighted by atomic mass is 9.79. The molecule has 0 aliphatic carbocycles. The third-order valence-electron chi connectivity index (χ3n) is 4.32. The van der Waals surface area contributed by atoms with Gasteiger partial charge in [-0.3, -0.25) is 4.79 Å². The van der Waals surface area contributed by atoms with Gasteiger partial charge < -0.3 is 20.7 Å². The van der Waals surface area contributed by atoms with Crippen LogP contribution in [0.1, 0.15) is 40.5 Å². The zero-order valence-electron chi connectivity index (χ0n) is 13.4. The second kappa shape index (κ2) is 5.62. The Morgan fingerprint density at radius 2 is 1.75 bits per heavy atom. The van der Waals surface area contributed by atoms with Crippen molar-refractivity contribution < 1.29 is 9.53 Å². The van der Waals surface area contributed by atoms with Crippen LogP contribution in [0.2, 0.25) is 0 Å². The van der Waals surface area contributed by atoms with E-state index < -0.39 is 0 Å². The van der Waals surface area contributed by atoms with Crippen molar-refractivity contribution in [2.24, 2.45) is 5.92 Å². The van der Waals surface area contributed by atoms with E-state index in [1.54, 1.807) is 0 Å². The molecule has 0 aromatic carbocycles. The highest BCUT2D eigenvalue weighted by molar-refractivity contribution is 5.80. The minimum Gasteiger partial charge on any atom is -0.379 e. The van der Waals surface area contributed by atoms with E-state index in [0.717, 1.165) is 12.8 Å². The SMILES string of the molecule is CNC1COCC1C(=O)NC1CC(C)(C)NC(C)(C)C1. The van der Waals surface area contributed by atoms with Gasteiger partial charge in [0.2, 0.25) is 5.91 Å². The maximum Gasteiger partial charge on any atom is 0.227 e. The molecule has 2 atom stereocenters. The number of nitrogens with one attached hydrogen (secondary N) is 3. The van der Waals surface area contributed by atoms with Gasteiger partial charge in [-0.15, -0.1) is 0 Å². The van der Waals surface area contributed by atoms with Crippen LogP contribution in [0.5, 0.6) is 0 Å². The Bertz CT molecular complexity index is 352. The molecule has 0 saturated carbocycles. The maximum absolute atomic E-state index is 12.5. The molecule has 2 fully saturated rings. The molecule has 5 heteroatoms. The van der Waals surface area contributed by atoms with Crippen LogP contribution < -0.4 is 16.0 Å². The summed E-state index contributed by atoms with van der Waals surface area (Å²) in [7, 11) is 1.89. The average molecular weight is 283 g/mol. The lowest BCUT2D eigenvalue weighted by Gasteiger charge is -2.46. The third-order valence-corrected chi connectivity index (χ3v) is 4.32. The Labute approximate surface area is 122 Å². The Morgan fingerprint density at radius 3 is 2.30 bits per heavy atom. The molecule has 2 aliphatic rings. The summed E-state index contributed by atoms with van der Waals surface area (Å²) in [6, 6.07) is 0.365. The van der Waals surface area contributed by atoms with Gasteiger partial charge in [0.05, 0.1) is 19.1 Å². The Hall–Kier alpha value is -0.650. The summed E-state index contributed by atoms with van der Waals surface area (Å²) >= 11 is 0. The van der Waals surface area contributed by atoms with Gasteiger partial charge in [-0.1, -0.05) is 0 Å². The van der Waals surface area contributed by atoms with Crippen LogP contribution in [0.4, 0.5) is 0 Å². The van der Waals surface area contributed by atoms with Crippen molar-refractivity contribution in [2.75, 3.05) is 20.3 Å². The van der Waals surface area contributed by atoms with Crippen LogP contribution >= 0.6 is 0 Å². The molecule has 116 valence electrons. The maximum atomic E-state index is 12.5. The molecule has 2 saturated heterocycles. The van der Waals surface area contributed by atoms with Crippen LogP contribution in [0.3, 0.4) is 0 Å². The van der Waals surface area contributed by atoms with Crippen molar-refractivity contribution in [3.8, 4) is 0 Å². The first-order valence-electron chi connectivity index (χ1n) is 7.57. The summed E-state index contributed by atoms with van der Waals surface area (Å²) in [5.74, 6) is 0.0569. The molecule has 0 bridgehead atoms. The van der Waals surface area contributed by atoms with Crippen LogP contribution in [0, 0.1) is 5.92 Å². The molecule has 0 radical (unpaired) electrons. The first-order chi connectivity index (χ1) is 9.22. The summed E-state index contributed by atoms with van der Waals surface area (Å²) in [5.41, 5.74) is 0.0998. The van der Waals surface area contributed by atoms with E-state index in [1.807, 2.05) is 7.05 Å². The highest BCUT2D eigenvalue weighted by Gasteiger charge is 2.40. The quantitative estimate of drug-likeness (QED) is 0.711. The fourth-order valence-electron chi connectivity index (χ4n) is 3.83. The molecule has 20 heavy (non-hydrogen) atoms. The first kappa shape index (κ1) is 15.7. The highest BCUT2D eigenvalue weighted by atomic mass is 16.5. The third kappa shape index (κ3) is 3.71. The second-order valence-electron chi connectivity index (χ2n) is 7.55. The van der Waals surface area contributed by atoms with Gasteiger partial charge in [-0.25, -0.2) is 0 Å². The zero-order valence-corrected chi connectivity index (χ0v) is 13.4. The van der Waals surface area contributed by atoms with Crippen molar-refractivity contribution in [3.63, 3.8) is 0 Å². The first-order valence-corrected chi connectivity index (χ1v) is 7.57. The smallest absolute Gasteiger partial charge is 0.227 e. The summed E-state index contributed by atoms with van der Waals surface area (Å²) in [4.78, 5) is 12.5. The molecule has 0 aromatic rings. The van der Waals surface area contributed by atoms with Gasteiger partial charge in [0.1, 0.15) is 0 Å². The second-order valence-corrected chi connectivity index (χ2v) is 7.55. The number of piperidine rings is 1. The van der Waals surface area contributed by atoms with E-state index in [9.17, 15) is 4.79 Å². The van der Waals surface area contributed by atoms with Gasteiger partial charge in [-0.2, -0.15) is 0 Å². The zero-order chi connectivity index (χ0) is 15.0. The van der Waals surface area contributed by atoms with E-state index in [2.05, 4.69) is 43.6 Å². The molecule has 2 heterocycles. The Balaban J connectivity index is 1.97. The lowest BCUT2D eigenvalue weighted by molar-refractivity contribution is -0.126. The van der Waals surface area contributed by atoms with Gasteiger partial charge in [0.15, 0.2) is 0 Å². The van der Waals surface area contributed by atoms with Gasteiger partial charge in [-0.05, 0) is 47.6 Å².